The summed E-state index contributed by atoms with van der Waals surface area (Å²) < 4.78 is 16.2. The molecule has 2 aromatic carbocycles. The van der Waals surface area contributed by atoms with Gasteiger partial charge in [0.15, 0.2) is 0 Å². The third-order valence-corrected chi connectivity index (χ3v) is 4.84. The fourth-order valence-electron chi connectivity index (χ4n) is 3.35. The van der Waals surface area contributed by atoms with Crippen molar-refractivity contribution in [1.82, 2.24) is 30.4 Å². The van der Waals surface area contributed by atoms with E-state index in [1.54, 1.807) is 42.5 Å². The molecule has 1 aliphatic rings. The molecule has 4 aromatic rings. The second-order valence-corrected chi connectivity index (χ2v) is 6.63. The molecular weight excluding hydrogens is 385 g/mol. The second kappa shape index (κ2) is 6.24. The smallest absolute Gasteiger partial charge is 0.288 e. The molecule has 0 unspecified atom stereocenters. The molecule has 8 nitrogen and oxygen atoms in total. The summed E-state index contributed by atoms with van der Waals surface area (Å²) in [6.45, 7) is 0. The van der Waals surface area contributed by atoms with Crippen molar-refractivity contribution in [2.75, 3.05) is 5.32 Å². The van der Waals surface area contributed by atoms with Crippen LogP contribution in [0, 0.1) is 5.82 Å². The number of aromatic nitrogens is 6. The van der Waals surface area contributed by atoms with Crippen LogP contribution in [0.5, 0.6) is 0 Å². The van der Waals surface area contributed by atoms with Crippen LogP contribution in [0.3, 0.4) is 0 Å². The van der Waals surface area contributed by atoms with E-state index in [1.165, 1.54) is 10.7 Å². The molecule has 28 heavy (non-hydrogen) atoms. The van der Waals surface area contributed by atoms with Crippen LogP contribution >= 0.6 is 11.6 Å². The SMILES string of the molecule is O=c1[nH]nc(-c2ccc(Cl)cc2)c2c1Nc1nnnn1[C@@H]2c1ccccc1F. The van der Waals surface area contributed by atoms with Gasteiger partial charge in [-0.1, -0.05) is 47.0 Å². The van der Waals surface area contributed by atoms with Crippen LogP contribution in [0.4, 0.5) is 16.0 Å². The number of tetrazole rings is 1. The number of hydrogen-bond donors (Lipinski definition) is 2. The summed E-state index contributed by atoms with van der Waals surface area (Å²) in [6, 6.07) is 12.5. The average molecular weight is 396 g/mol. The minimum atomic E-state index is -0.775. The van der Waals surface area contributed by atoms with E-state index in [0.29, 0.717) is 27.4 Å². The Morgan fingerprint density at radius 1 is 1.11 bits per heavy atom. The van der Waals surface area contributed by atoms with Crippen molar-refractivity contribution in [3.63, 3.8) is 0 Å². The molecule has 0 radical (unpaired) electrons. The van der Waals surface area contributed by atoms with E-state index in [0.717, 1.165) is 0 Å². The van der Waals surface area contributed by atoms with Crippen molar-refractivity contribution >= 4 is 23.2 Å². The number of fused-ring (bicyclic) bond motifs is 2. The Bertz CT molecular complexity index is 1250. The van der Waals surface area contributed by atoms with Crippen molar-refractivity contribution in [3.05, 3.63) is 80.9 Å². The maximum Gasteiger partial charge on any atom is 0.288 e. The maximum atomic E-state index is 14.7. The van der Waals surface area contributed by atoms with Gasteiger partial charge in [-0.15, -0.1) is 0 Å². The number of halogens is 2. The zero-order chi connectivity index (χ0) is 19.3. The second-order valence-electron chi connectivity index (χ2n) is 6.19. The van der Waals surface area contributed by atoms with Gasteiger partial charge >= 0.3 is 0 Å². The Morgan fingerprint density at radius 3 is 2.68 bits per heavy atom. The van der Waals surface area contributed by atoms with E-state index in [2.05, 4.69) is 31.0 Å². The maximum absolute atomic E-state index is 14.7. The van der Waals surface area contributed by atoms with Crippen LogP contribution in [0.25, 0.3) is 11.3 Å². The topological polar surface area (TPSA) is 101 Å². The van der Waals surface area contributed by atoms with Gasteiger partial charge in [0.25, 0.3) is 5.56 Å². The Labute approximate surface area is 162 Å². The Morgan fingerprint density at radius 2 is 1.89 bits per heavy atom. The molecule has 0 aliphatic carbocycles. The van der Waals surface area contributed by atoms with Gasteiger partial charge in [-0.3, -0.25) is 4.79 Å². The Kier molecular flexibility index (Phi) is 3.69. The number of rotatable bonds is 2. The lowest BCUT2D eigenvalue weighted by molar-refractivity contribution is 0.527. The summed E-state index contributed by atoms with van der Waals surface area (Å²) in [7, 11) is 0. The standard InChI is InChI=1S/C18H11ClFN7O/c19-10-7-5-9(6-8-10)14-13-15(17(28)23-22-14)21-18-24-25-26-27(18)16(13)11-3-1-2-4-12(11)20/h1-8,16H,(H,23,28)(H,21,24,26)/t16-/m1/s1. The molecule has 0 fully saturated rings. The third-order valence-electron chi connectivity index (χ3n) is 4.59. The summed E-state index contributed by atoms with van der Waals surface area (Å²) >= 11 is 5.99. The van der Waals surface area contributed by atoms with E-state index >= 15 is 0 Å². The van der Waals surface area contributed by atoms with Crippen LogP contribution in [0.2, 0.25) is 5.02 Å². The number of benzene rings is 2. The first kappa shape index (κ1) is 16.6. The summed E-state index contributed by atoms with van der Waals surface area (Å²) in [5, 5.41) is 21.8. The van der Waals surface area contributed by atoms with Crippen molar-refractivity contribution < 1.29 is 4.39 Å². The summed E-state index contributed by atoms with van der Waals surface area (Å²) in [5.41, 5.74) is 1.72. The normalized spacial score (nSPS) is 14.9. The Balaban J connectivity index is 1.84. The highest BCUT2D eigenvalue weighted by molar-refractivity contribution is 6.30. The highest BCUT2D eigenvalue weighted by atomic mass is 35.5. The predicted octanol–water partition coefficient (Wildman–Crippen LogP) is 2.91. The minimum absolute atomic E-state index is 0.218. The highest BCUT2D eigenvalue weighted by Gasteiger charge is 2.35. The fourth-order valence-corrected chi connectivity index (χ4v) is 3.48. The van der Waals surface area contributed by atoms with Crippen LogP contribution in [0.15, 0.2) is 53.3 Å². The highest BCUT2D eigenvalue weighted by Crippen LogP contribution is 2.41. The lowest BCUT2D eigenvalue weighted by atomic mass is 9.92. The summed E-state index contributed by atoms with van der Waals surface area (Å²) in [6.07, 6.45) is 0. The minimum Gasteiger partial charge on any atom is -0.318 e. The average Bonchev–Trinajstić information content (AvgIpc) is 3.17. The molecule has 0 saturated carbocycles. The van der Waals surface area contributed by atoms with Crippen LogP contribution in [0.1, 0.15) is 17.2 Å². The summed E-state index contributed by atoms with van der Waals surface area (Å²) in [5.74, 6) is -0.205. The number of anilines is 2. The quantitative estimate of drug-likeness (QED) is 0.476. The third kappa shape index (κ3) is 2.48. The van der Waals surface area contributed by atoms with Gasteiger partial charge in [-0.05, 0) is 28.6 Å². The first-order valence-electron chi connectivity index (χ1n) is 8.31. The lowest BCUT2D eigenvalue weighted by Crippen LogP contribution is -2.29. The molecule has 1 atom stereocenters. The predicted molar refractivity (Wildman–Crippen MR) is 100 cm³/mol. The Hall–Kier alpha value is -3.59. The molecule has 0 bridgehead atoms. The number of hydrogen-bond acceptors (Lipinski definition) is 6. The first-order chi connectivity index (χ1) is 13.6. The van der Waals surface area contributed by atoms with Crippen molar-refractivity contribution in [1.29, 1.82) is 0 Å². The van der Waals surface area contributed by atoms with Gasteiger partial charge in [0.2, 0.25) is 5.95 Å². The number of nitrogens with one attached hydrogen (secondary N) is 2. The van der Waals surface area contributed by atoms with Gasteiger partial charge < -0.3 is 5.32 Å². The monoisotopic (exact) mass is 395 g/mol. The molecule has 138 valence electrons. The lowest BCUT2D eigenvalue weighted by Gasteiger charge is -2.28. The van der Waals surface area contributed by atoms with Crippen LogP contribution < -0.4 is 10.9 Å². The molecule has 0 amide bonds. The van der Waals surface area contributed by atoms with E-state index in [4.69, 9.17) is 11.6 Å². The number of nitrogens with zero attached hydrogens (tertiary/aromatic N) is 5. The van der Waals surface area contributed by atoms with Crippen molar-refractivity contribution in [2.45, 2.75) is 6.04 Å². The molecule has 1 aliphatic heterocycles. The van der Waals surface area contributed by atoms with E-state index in [1.807, 2.05) is 0 Å². The molecule has 2 N–H and O–H groups in total. The zero-order valence-electron chi connectivity index (χ0n) is 14.1. The molecule has 10 heteroatoms. The molecule has 3 heterocycles. The van der Waals surface area contributed by atoms with Crippen LogP contribution in [-0.4, -0.2) is 30.4 Å². The first-order valence-corrected chi connectivity index (χ1v) is 8.69. The van der Waals surface area contributed by atoms with Gasteiger partial charge in [0.1, 0.15) is 17.5 Å². The van der Waals surface area contributed by atoms with E-state index in [9.17, 15) is 9.18 Å². The van der Waals surface area contributed by atoms with E-state index in [-0.39, 0.29) is 11.6 Å². The van der Waals surface area contributed by atoms with Gasteiger partial charge in [-0.25, -0.2) is 9.49 Å². The van der Waals surface area contributed by atoms with Gasteiger partial charge in [0, 0.05) is 21.7 Å². The largest absolute Gasteiger partial charge is 0.318 e. The summed E-state index contributed by atoms with van der Waals surface area (Å²) in [4.78, 5) is 12.5. The molecule has 0 saturated heterocycles. The molecule has 5 rings (SSSR count). The molecular formula is C18H11ClFN7O. The van der Waals surface area contributed by atoms with Crippen molar-refractivity contribution in [3.8, 4) is 11.3 Å². The van der Waals surface area contributed by atoms with Crippen LogP contribution in [-0.2, 0) is 0 Å². The van der Waals surface area contributed by atoms with Gasteiger partial charge in [0.05, 0.1) is 5.69 Å². The zero-order valence-corrected chi connectivity index (χ0v) is 14.9. The molecule has 2 aromatic heterocycles. The van der Waals surface area contributed by atoms with Crippen molar-refractivity contribution in [2.24, 2.45) is 0 Å². The number of H-pyrrole nitrogens is 1. The fraction of sp³-hybridized carbons (Fsp3) is 0.0556. The molecule has 0 spiro atoms. The van der Waals surface area contributed by atoms with E-state index < -0.39 is 17.4 Å². The van der Waals surface area contributed by atoms with Gasteiger partial charge in [-0.2, -0.15) is 9.78 Å². The number of aromatic amines is 1.